The molecule has 0 saturated carbocycles. The van der Waals surface area contributed by atoms with Gasteiger partial charge in [0.25, 0.3) is 0 Å². The largest absolute Gasteiger partial charge is 0.388 e. The van der Waals surface area contributed by atoms with Crippen molar-refractivity contribution in [2.45, 2.75) is 49.2 Å². The van der Waals surface area contributed by atoms with Crippen LogP contribution in [0.5, 0.6) is 0 Å². The highest BCUT2D eigenvalue weighted by Gasteiger charge is 2.50. The van der Waals surface area contributed by atoms with Crippen molar-refractivity contribution in [3.8, 4) is 0 Å². The van der Waals surface area contributed by atoms with Crippen LogP contribution in [0.25, 0.3) is 11.2 Å². The molecule has 0 bridgehead atoms. The Balaban J connectivity index is 1.22. The SMILES string of the molecule is O=P(O)(O)CP(=O)(O)CC[C@H]1O[C@@H](n2cnc3c(N4CC5(CCc6ccccc65)C4)nc(Cl)nc32)[C@@H](O)C1O. The van der Waals surface area contributed by atoms with Crippen molar-refractivity contribution >= 4 is 43.5 Å². The number of benzene rings is 1. The molecule has 2 fully saturated rings. The molecule has 6 rings (SSSR count). The van der Waals surface area contributed by atoms with Gasteiger partial charge in [-0.25, -0.2) is 4.98 Å². The Morgan fingerprint density at radius 1 is 1.10 bits per heavy atom. The molecule has 13 nitrogen and oxygen atoms in total. The normalized spacial score (nSPS) is 27.6. The van der Waals surface area contributed by atoms with Crippen LogP contribution in [0.15, 0.2) is 30.6 Å². The van der Waals surface area contributed by atoms with Gasteiger partial charge in [0.1, 0.15) is 18.1 Å². The number of ether oxygens (including phenoxy) is 1. The monoisotopic (exact) mass is 599 g/mol. The van der Waals surface area contributed by atoms with E-state index in [1.807, 2.05) is 0 Å². The van der Waals surface area contributed by atoms with Crippen molar-refractivity contribution in [3.63, 3.8) is 0 Å². The molecule has 2 aliphatic heterocycles. The average molecular weight is 600 g/mol. The summed E-state index contributed by atoms with van der Waals surface area (Å²) in [5.41, 5.74) is 3.53. The molecule has 1 aliphatic carbocycles. The third kappa shape index (κ3) is 4.94. The zero-order valence-electron chi connectivity index (χ0n) is 20.6. The molecule has 3 aliphatic rings. The number of fused-ring (bicyclic) bond motifs is 3. The third-order valence-electron chi connectivity index (χ3n) is 7.90. The second kappa shape index (κ2) is 9.58. The molecule has 1 aromatic carbocycles. The summed E-state index contributed by atoms with van der Waals surface area (Å²) in [4.78, 5) is 43.3. The number of rotatable bonds is 7. The summed E-state index contributed by atoms with van der Waals surface area (Å²) >= 11 is 6.30. The number of aliphatic hydroxyl groups excluding tert-OH is 2. The first-order valence-corrected chi connectivity index (χ1v) is 16.7. The minimum Gasteiger partial charge on any atom is -0.388 e. The second-order valence-electron chi connectivity index (χ2n) is 10.6. The zero-order chi connectivity index (χ0) is 27.7. The number of aromatic nitrogens is 4. The van der Waals surface area contributed by atoms with Crippen molar-refractivity contribution in [1.82, 2.24) is 19.5 Å². The van der Waals surface area contributed by atoms with Gasteiger partial charge in [-0.2, -0.15) is 9.97 Å². The van der Waals surface area contributed by atoms with E-state index >= 15 is 0 Å². The number of hydrogen-bond acceptors (Lipinski definition) is 9. The van der Waals surface area contributed by atoms with E-state index in [1.54, 1.807) is 0 Å². The van der Waals surface area contributed by atoms with Crippen molar-refractivity contribution < 1.29 is 38.8 Å². The van der Waals surface area contributed by atoms with Gasteiger partial charge in [0.05, 0.1) is 12.4 Å². The van der Waals surface area contributed by atoms with Crippen LogP contribution in [0.3, 0.4) is 0 Å². The van der Waals surface area contributed by atoms with Crippen LogP contribution in [-0.2, 0) is 25.7 Å². The molecule has 2 aromatic heterocycles. The highest BCUT2D eigenvalue weighted by atomic mass is 35.5. The van der Waals surface area contributed by atoms with Crippen LogP contribution in [0.4, 0.5) is 5.82 Å². The van der Waals surface area contributed by atoms with Crippen LogP contribution in [-0.4, -0.2) is 87.9 Å². The standard InChI is InChI=1S/C23H28ClN5O8P2/c24-22-26-19(28-9-23(10-28)7-5-13-3-1-2-4-14(13)23)16-20(27-22)29(11-25-16)21-18(31)17(30)15(37-21)6-8-38(32,33)12-39(34,35)36/h1-4,11,15,17-18,21,30-31H,5-10,12H2,(H,32,33)(H2,34,35,36)/t15-,17?,18+,21-/m1/s1. The molecule has 5 atom stereocenters. The summed E-state index contributed by atoms with van der Waals surface area (Å²) in [6.07, 6.45) is -2.24. The minimum absolute atomic E-state index is 0.0183. The lowest BCUT2D eigenvalue weighted by molar-refractivity contribution is -0.0354. The first-order valence-electron chi connectivity index (χ1n) is 12.5. The fraction of sp³-hybridized carbons (Fsp3) is 0.522. The van der Waals surface area contributed by atoms with E-state index in [0.29, 0.717) is 17.0 Å². The van der Waals surface area contributed by atoms with E-state index < -0.39 is 51.6 Å². The van der Waals surface area contributed by atoms with Crippen molar-refractivity contribution in [2.75, 3.05) is 30.1 Å². The fourth-order valence-electron chi connectivity index (χ4n) is 6.09. The average Bonchev–Trinajstić information content (AvgIpc) is 3.50. The van der Waals surface area contributed by atoms with E-state index in [4.69, 9.17) is 26.1 Å². The summed E-state index contributed by atoms with van der Waals surface area (Å²) < 4.78 is 30.6. The highest BCUT2D eigenvalue weighted by Crippen LogP contribution is 2.55. The van der Waals surface area contributed by atoms with Crippen LogP contribution in [0, 0.1) is 0 Å². The minimum atomic E-state index is -4.70. The first kappa shape index (κ1) is 27.3. The van der Waals surface area contributed by atoms with Gasteiger partial charge in [0.2, 0.25) is 12.7 Å². The maximum Gasteiger partial charge on any atom is 0.335 e. The molecule has 210 valence electrons. The Hall–Kier alpha value is -1.92. The Morgan fingerprint density at radius 3 is 2.59 bits per heavy atom. The predicted molar refractivity (Wildman–Crippen MR) is 141 cm³/mol. The molecular formula is C23H28ClN5O8P2. The second-order valence-corrected chi connectivity index (χ2v) is 15.6. The fourth-order valence-corrected chi connectivity index (χ4v) is 9.78. The lowest BCUT2D eigenvalue weighted by Crippen LogP contribution is -2.58. The Labute approximate surface area is 228 Å². The van der Waals surface area contributed by atoms with Gasteiger partial charge in [-0.3, -0.25) is 13.7 Å². The van der Waals surface area contributed by atoms with Crippen molar-refractivity contribution in [1.29, 1.82) is 0 Å². The van der Waals surface area contributed by atoms with E-state index in [1.165, 1.54) is 22.0 Å². The predicted octanol–water partition coefficient (Wildman–Crippen LogP) is 1.60. The van der Waals surface area contributed by atoms with Gasteiger partial charge >= 0.3 is 7.60 Å². The van der Waals surface area contributed by atoms with Gasteiger partial charge in [-0.15, -0.1) is 0 Å². The molecular weight excluding hydrogens is 572 g/mol. The lowest BCUT2D eigenvalue weighted by Gasteiger charge is -2.49. The Kier molecular flexibility index (Phi) is 6.70. The maximum atomic E-state index is 12.2. The molecule has 0 radical (unpaired) electrons. The van der Waals surface area contributed by atoms with Crippen LogP contribution in [0.2, 0.25) is 5.28 Å². The summed E-state index contributed by atoms with van der Waals surface area (Å²) in [6, 6.07) is 8.46. The number of aryl methyl sites for hydroxylation is 1. The van der Waals surface area contributed by atoms with Crippen LogP contribution in [0.1, 0.15) is 30.2 Å². The van der Waals surface area contributed by atoms with E-state index in [2.05, 4.69) is 44.1 Å². The third-order valence-corrected chi connectivity index (χ3v) is 12.3. The summed E-state index contributed by atoms with van der Waals surface area (Å²) in [5, 5.41) is 21.3. The molecule has 1 spiro atoms. The van der Waals surface area contributed by atoms with Gasteiger partial charge < -0.3 is 34.5 Å². The quantitative estimate of drug-likeness (QED) is 0.195. The molecule has 16 heteroatoms. The summed E-state index contributed by atoms with van der Waals surface area (Å²) in [6.45, 7) is 1.50. The topological polar surface area (TPSA) is 191 Å². The van der Waals surface area contributed by atoms with E-state index in [0.717, 1.165) is 25.9 Å². The summed E-state index contributed by atoms with van der Waals surface area (Å²) in [5.74, 6) is -0.607. The number of aliphatic hydroxyl groups is 2. The smallest absolute Gasteiger partial charge is 0.335 e. The number of anilines is 1. The number of nitrogens with zero attached hydrogens (tertiary/aromatic N) is 5. The van der Waals surface area contributed by atoms with Crippen LogP contribution < -0.4 is 4.90 Å². The van der Waals surface area contributed by atoms with Gasteiger partial charge in [0, 0.05) is 24.7 Å². The Bertz CT molecular complexity index is 1530. The van der Waals surface area contributed by atoms with E-state index in [-0.39, 0.29) is 17.1 Å². The number of halogens is 1. The molecule has 2 saturated heterocycles. The first-order chi connectivity index (χ1) is 18.4. The molecule has 2 unspecified atom stereocenters. The lowest BCUT2D eigenvalue weighted by atomic mass is 9.75. The molecule has 3 aromatic rings. The zero-order valence-corrected chi connectivity index (χ0v) is 23.2. The maximum absolute atomic E-state index is 12.2. The van der Waals surface area contributed by atoms with Crippen LogP contribution >= 0.6 is 26.6 Å². The highest BCUT2D eigenvalue weighted by molar-refractivity contribution is 7.72. The van der Waals surface area contributed by atoms with Crippen molar-refractivity contribution in [2.24, 2.45) is 0 Å². The van der Waals surface area contributed by atoms with Gasteiger partial charge in [-0.05, 0) is 42.0 Å². The molecule has 0 amide bonds. The van der Waals surface area contributed by atoms with Crippen molar-refractivity contribution in [3.05, 3.63) is 47.0 Å². The number of imidazole rings is 1. The number of hydrogen-bond donors (Lipinski definition) is 5. The summed E-state index contributed by atoms with van der Waals surface area (Å²) in [7, 11) is -8.89. The molecule has 4 heterocycles. The Morgan fingerprint density at radius 2 is 1.85 bits per heavy atom. The van der Waals surface area contributed by atoms with Gasteiger partial charge in [-0.1, -0.05) is 24.3 Å². The van der Waals surface area contributed by atoms with Gasteiger partial charge in [0.15, 0.2) is 23.2 Å². The van der Waals surface area contributed by atoms with E-state index in [9.17, 15) is 24.2 Å². The molecule has 39 heavy (non-hydrogen) atoms. The molecule has 5 N–H and O–H groups in total.